The first-order valence-corrected chi connectivity index (χ1v) is 9.39. The van der Waals surface area contributed by atoms with Crippen molar-refractivity contribution in [1.82, 2.24) is 5.32 Å². The molecule has 0 unspecified atom stereocenters. The largest absolute Gasteiger partial charge is 0.489 e. The molecular weight excluding hydrogens is 398 g/mol. The lowest BCUT2D eigenvalue weighted by Gasteiger charge is -2.10. The Kier molecular flexibility index (Phi) is 5.44. The molecule has 0 saturated carbocycles. The van der Waals surface area contributed by atoms with Crippen LogP contribution in [0.5, 0.6) is 5.75 Å². The summed E-state index contributed by atoms with van der Waals surface area (Å²) in [4.78, 5) is 36.3. The molecule has 3 amide bonds. The number of urea groups is 1. The first-order chi connectivity index (χ1) is 15.0. The van der Waals surface area contributed by atoms with E-state index in [2.05, 4.69) is 5.32 Å². The predicted octanol–water partition coefficient (Wildman–Crippen LogP) is 4.27. The highest BCUT2D eigenvalue weighted by Gasteiger charge is 2.34. The SMILES string of the molecule is O=C1NC(=Cc2ccc(OCc3cccc([N+](=O)[O-])c3)cc2)C(=O)N1c1ccccc1. The molecule has 154 valence electrons. The summed E-state index contributed by atoms with van der Waals surface area (Å²) in [6.45, 7) is 0.183. The van der Waals surface area contributed by atoms with Crippen LogP contribution in [0.25, 0.3) is 6.08 Å². The zero-order valence-electron chi connectivity index (χ0n) is 16.2. The van der Waals surface area contributed by atoms with Crippen LogP contribution in [0.2, 0.25) is 0 Å². The van der Waals surface area contributed by atoms with Crippen molar-refractivity contribution in [1.29, 1.82) is 0 Å². The van der Waals surface area contributed by atoms with Gasteiger partial charge in [0, 0.05) is 12.1 Å². The Labute approximate surface area is 177 Å². The molecule has 1 aliphatic heterocycles. The first kappa shape index (κ1) is 19.8. The number of nitrogens with zero attached hydrogens (tertiary/aromatic N) is 2. The van der Waals surface area contributed by atoms with Crippen molar-refractivity contribution in [3.63, 3.8) is 0 Å². The van der Waals surface area contributed by atoms with Crippen molar-refractivity contribution in [3.05, 3.63) is 106 Å². The Hall–Kier alpha value is -4.46. The van der Waals surface area contributed by atoms with Crippen LogP contribution in [0.3, 0.4) is 0 Å². The number of non-ortho nitro benzene ring substituents is 1. The number of carbonyl (C=O) groups is 2. The van der Waals surface area contributed by atoms with Gasteiger partial charge in [0.2, 0.25) is 0 Å². The van der Waals surface area contributed by atoms with Gasteiger partial charge in [0.05, 0.1) is 10.6 Å². The van der Waals surface area contributed by atoms with Gasteiger partial charge in [-0.25, -0.2) is 9.69 Å². The number of nitrogens with one attached hydrogen (secondary N) is 1. The minimum absolute atomic E-state index is 0.0101. The molecule has 1 fully saturated rings. The third-order valence-corrected chi connectivity index (χ3v) is 4.61. The molecule has 1 aliphatic rings. The Morgan fingerprint density at radius 3 is 2.42 bits per heavy atom. The molecule has 8 nitrogen and oxygen atoms in total. The van der Waals surface area contributed by atoms with E-state index in [0.717, 1.165) is 4.90 Å². The van der Waals surface area contributed by atoms with Crippen LogP contribution < -0.4 is 15.0 Å². The molecule has 0 bridgehead atoms. The van der Waals surface area contributed by atoms with Crippen molar-refractivity contribution in [2.45, 2.75) is 6.61 Å². The number of anilines is 1. The van der Waals surface area contributed by atoms with Crippen LogP contribution >= 0.6 is 0 Å². The number of nitro groups is 1. The molecule has 0 aliphatic carbocycles. The number of benzene rings is 3. The Balaban J connectivity index is 1.43. The molecule has 1 saturated heterocycles. The number of nitro benzene ring substituents is 1. The highest BCUT2D eigenvalue weighted by atomic mass is 16.6. The topological polar surface area (TPSA) is 102 Å². The normalized spacial score (nSPS) is 14.6. The third kappa shape index (κ3) is 4.43. The Morgan fingerprint density at radius 1 is 0.968 bits per heavy atom. The second-order valence-corrected chi connectivity index (χ2v) is 6.75. The quantitative estimate of drug-likeness (QED) is 0.280. The van der Waals surface area contributed by atoms with Gasteiger partial charge in [-0.1, -0.05) is 42.5 Å². The van der Waals surface area contributed by atoms with Crippen LogP contribution in [0.1, 0.15) is 11.1 Å². The molecule has 4 rings (SSSR count). The van der Waals surface area contributed by atoms with Gasteiger partial charge in [-0.15, -0.1) is 0 Å². The van der Waals surface area contributed by atoms with Crippen molar-refractivity contribution in [2.75, 3.05) is 4.90 Å². The van der Waals surface area contributed by atoms with Crippen LogP contribution in [0.15, 0.2) is 84.6 Å². The van der Waals surface area contributed by atoms with Gasteiger partial charge in [-0.2, -0.15) is 0 Å². The van der Waals surface area contributed by atoms with E-state index >= 15 is 0 Å². The summed E-state index contributed by atoms with van der Waals surface area (Å²) in [5.74, 6) is 0.142. The second kappa shape index (κ2) is 8.50. The number of ether oxygens (including phenoxy) is 1. The molecule has 0 aromatic heterocycles. The van der Waals surface area contributed by atoms with Gasteiger partial charge >= 0.3 is 6.03 Å². The monoisotopic (exact) mass is 415 g/mol. The molecule has 3 aromatic carbocycles. The smallest absolute Gasteiger partial charge is 0.333 e. The molecule has 31 heavy (non-hydrogen) atoms. The van der Waals surface area contributed by atoms with Crippen LogP contribution in [-0.4, -0.2) is 16.9 Å². The van der Waals surface area contributed by atoms with Crippen LogP contribution in [0, 0.1) is 10.1 Å². The van der Waals surface area contributed by atoms with Gasteiger partial charge < -0.3 is 10.1 Å². The van der Waals surface area contributed by atoms with E-state index in [1.807, 2.05) is 0 Å². The number of imide groups is 1. The average molecular weight is 415 g/mol. The summed E-state index contributed by atoms with van der Waals surface area (Å²) in [5.41, 5.74) is 2.08. The lowest BCUT2D eigenvalue weighted by molar-refractivity contribution is -0.384. The molecule has 1 N–H and O–H groups in total. The van der Waals surface area contributed by atoms with Crippen molar-refractivity contribution in [3.8, 4) is 5.75 Å². The molecule has 0 spiro atoms. The minimum atomic E-state index is -0.501. The zero-order valence-corrected chi connectivity index (χ0v) is 16.2. The van der Waals surface area contributed by atoms with Crippen molar-refractivity contribution in [2.24, 2.45) is 0 Å². The van der Waals surface area contributed by atoms with Crippen molar-refractivity contribution < 1.29 is 19.2 Å². The fourth-order valence-electron chi connectivity index (χ4n) is 3.10. The van der Waals surface area contributed by atoms with E-state index in [-0.39, 0.29) is 18.0 Å². The number of rotatable bonds is 6. The van der Waals surface area contributed by atoms with E-state index in [0.29, 0.717) is 22.6 Å². The second-order valence-electron chi connectivity index (χ2n) is 6.75. The fourth-order valence-corrected chi connectivity index (χ4v) is 3.10. The van der Waals surface area contributed by atoms with E-state index in [9.17, 15) is 19.7 Å². The average Bonchev–Trinajstić information content (AvgIpc) is 3.06. The summed E-state index contributed by atoms with van der Waals surface area (Å²) in [6.07, 6.45) is 1.59. The summed E-state index contributed by atoms with van der Waals surface area (Å²) in [7, 11) is 0. The maximum atomic E-state index is 12.6. The van der Waals surface area contributed by atoms with E-state index in [1.165, 1.54) is 12.1 Å². The molecule has 1 heterocycles. The van der Waals surface area contributed by atoms with Gasteiger partial charge in [0.25, 0.3) is 11.6 Å². The minimum Gasteiger partial charge on any atom is -0.489 e. The first-order valence-electron chi connectivity index (χ1n) is 9.39. The van der Waals surface area contributed by atoms with Crippen LogP contribution in [0.4, 0.5) is 16.2 Å². The number of amides is 3. The van der Waals surface area contributed by atoms with E-state index < -0.39 is 16.9 Å². The Bertz CT molecular complexity index is 1170. The maximum Gasteiger partial charge on any atom is 0.333 e. The van der Waals surface area contributed by atoms with E-state index in [4.69, 9.17) is 4.74 Å². The predicted molar refractivity (Wildman–Crippen MR) is 114 cm³/mol. The lowest BCUT2D eigenvalue weighted by Crippen LogP contribution is -2.30. The number of hydrogen-bond acceptors (Lipinski definition) is 5. The summed E-state index contributed by atoms with van der Waals surface area (Å²) in [5, 5.41) is 13.4. The molecular formula is C23H17N3O5. The molecule has 0 radical (unpaired) electrons. The van der Waals surface area contributed by atoms with Crippen LogP contribution in [-0.2, 0) is 11.4 Å². The van der Waals surface area contributed by atoms with Gasteiger partial charge in [-0.3, -0.25) is 14.9 Å². The molecule has 3 aromatic rings. The third-order valence-electron chi connectivity index (χ3n) is 4.61. The summed E-state index contributed by atoms with van der Waals surface area (Å²) >= 11 is 0. The van der Waals surface area contributed by atoms with Gasteiger partial charge in [0.1, 0.15) is 18.1 Å². The maximum absolute atomic E-state index is 12.6. The lowest BCUT2D eigenvalue weighted by atomic mass is 10.1. The molecule has 8 heteroatoms. The van der Waals surface area contributed by atoms with E-state index in [1.54, 1.807) is 72.8 Å². The molecule has 0 atom stereocenters. The summed E-state index contributed by atoms with van der Waals surface area (Å²) in [6, 6.07) is 21.4. The Morgan fingerprint density at radius 2 is 1.71 bits per heavy atom. The highest BCUT2D eigenvalue weighted by molar-refractivity contribution is 6.28. The fraction of sp³-hybridized carbons (Fsp3) is 0.0435. The van der Waals surface area contributed by atoms with Gasteiger partial charge in [-0.05, 0) is 41.5 Å². The number of carbonyl (C=O) groups excluding carboxylic acids is 2. The zero-order chi connectivity index (χ0) is 21.8. The van der Waals surface area contributed by atoms with Gasteiger partial charge in [0.15, 0.2) is 0 Å². The summed E-state index contributed by atoms with van der Waals surface area (Å²) < 4.78 is 5.68. The van der Waals surface area contributed by atoms with Crippen molar-refractivity contribution >= 4 is 29.4 Å². The standard InChI is InChI=1S/C23H17N3O5/c27-22-21(24-23(28)25(22)18-6-2-1-3-7-18)14-16-9-11-20(12-10-16)31-15-17-5-4-8-19(13-17)26(29)30/h1-14H,15H2,(H,24,28). The highest BCUT2D eigenvalue weighted by Crippen LogP contribution is 2.23. The number of para-hydroxylation sites is 1. The number of hydrogen-bond donors (Lipinski definition) is 1.